The fraction of sp³-hybridized carbons (Fsp3) is 0.462. The Labute approximate surface area is 107 Å². The molecule has 2 aromatic rings. The number of nitrogens with one attached hydrogen (secondary N) is 1. The first-order chi connectivity index (χ1) is 8.81. The second kappa shape index (κ2) is 5.73. The van der Waals surface area contributed by atoms with Gasteiger partial charge >= 0.3 is 0 Å². The Bertz CT molecular complexity index is 476. The van der Waals surface area contributed by atoms with Crippen molar-refractivity contribution in [1.29, 1.82) is 0 Å². The van der Waals surface area contributed by atoms with E-state index in [0.29, 0.717) is 0 Å². The van der Waals surface area contributed by atoms with Crippen LogP contribution in [0.2, 0.25) is 0 Å². The summed E-state index contributed by atoms with van der Waals surface area (Å²) in [6.07, 6.45) is 6.20. The van der Waals surface area contributed by atoms with Gasteiger partial charge in [-0.25, -0.2) is 0 Å². The fourth-order valence-corrected chi connectivity index (χ4v) is 2.12. The molecule has 5 heteroatoms. The van der Waals surface area contributed by atoms with E-state index in [1.165, 1.54) is 0 Å². The van der Waals surface area contributed by atoms with Crippen LogP contribution in [0.4, 0.5) is 0 Å². The monoisotopic (exact) mass is 249 g/mol. The summed E-state index contributed by atoms with van der Waals surface area (Å²) in [5.41, 5.74) is 2.09. The molecule has 0 amide bonds. The summed E-state index contributed by atoms with van der Waals surface area (Å²) < 4.78 is 12.5. The molecule has 0 aliphatic heterocycles. The van der Waals surface area contributed by atoms with E-state index in [9.17, 15) is 0 Å². The molecular formula is C13H19N3O2. The molecule has 0 fully saturated rings. The maximum atomic E-state index is 5.40. The first-order valence-corrected chi connectivity index (χ1v) is 6.10. The van der Waals surface area contributed by atoms with Gasteiger partial charge in [-0.05, 0) is 19.5 Å². The van der Waals surface area contributed by atoms with Crippen LogP contribution in [0.3, 0.4) is 0 Å². The Morgan fingerprint density at radius 3 is 2.94 bits per heavy atom. The molecule has 1 atom stereocenters. The van der Waals surface area contributed by atoms with E-state index in [-0.39, 0.29) is 6.04 Å². The van der Waals surface area contributed by atoms with Crippen molar-refractivity contribution >= 4 is 0 Å². The molecule has 0 spiro atoms. The van der Waals surface area contributed by atoms with Crippen LogP contribution < -0.4 is 10.1 Å². The molecule has 1 N–H and O–H groups in total. The minimum atomic E-state index is 0.0211. The van der Waals surface area contributed by atoms with Crippen molar-refractivity contribution in [3.8, 4) is 5.75 Å². The molecule has 18 heavy (non-hydrogen) atoms. The standard InChI is InChI=1S/C13H19N3O2/c1-4-6-16-13(11(17-3)8-15-16)12(14-2)10-5-7-18-9-10/h5,7-9,12,14H,4,6H2,1-3H3. The molecule has 5 nitrogen and oxygen atoms in total. The van der Waals surface area contributed by atoms with Crippen LogP contribution >= 0.6 is 0 Å². The van der Waals surface area contributed by atoms with Gasteiger partial charge in [0.15, 0.2) is 5.75 Å². The molecule has 2 rings (SSSR count). The molecule has 2 aromatic heterocycles. The minimum Gasteiger partial charge on any atom is -0.493 e. The van der Waals surface area contributed by atoms with Gasteiger partial charge in [-0.15, -0.1) is 0 Å². The second-order valence-corrected chi connectivity index (χ2v) is 4.10. The Balaban J connectivity index is 2.42. The van der Waals surface area contributed by atoms with E-state index in [4.69, 9.17) is 9.15 Å². The maximum Gasteiger partial charge on any atom is 0.161 e. The quantitative estimate of drug-likeness (QED) is 0.852. The van der Waals surface area contributed by atoms with Gasteiger partial charge < -0.3 is 14.5 Å². The summed E-state index contributed by atoms with van der Waals surface area (Å²) in [7, 11) is 3.58. The molecular weight excluding hydrogens is 230 g/mol. The second-order valence-electron chi connectivity index (χ2n) is 4.10. The molecule has 0 saturated carbocycles. The number of ether oxygens (including phenoxy) is 1. The van der Waals surface area contributed by atoms with E-state index >= 15 is 0 Å². The molecule has 1 unspecified atom stereocenters. The summed E-state index contributed by atoms with van der Waals surface area (Å²) >= 11 is 0. The molecule has 0 saturated heterocycles. The summed E-state index contributed by atoms with van der Waals surface area (Å²) in [6.45, 7) is 3.00. The maximum absolute atomic E-state index is 5.40. The Morgan fingerprint density at radius 1 is 1.56 bits per heavy atom. The SMILES string of the molecule is CCCn1ncc(OC)c1C(NC)c1ccoc1. The highest BCUT2D eigenvalue weighted by Crippen LogP contribution is 2.30. The lowest BCUT2D eigenvalue weighted by molar-refractivity contribution is 0.400. The van der Waals surface area contributed by atoms with Crippen LogP contribution in [0.1, 0.15) is 30.6 Å². The zero-order valence-corrected chi connectivity index (χ0v) is 11.0. The first-order valence-electron chi connectivity index (χ1n) is 6.10. The highest BCUT2D eigenvalue weighted by atomic mass is 16.5. The summed E-state index contributed by atoms with van der Waals surface area (Å²) in [5.74, 6) is 0.795. The zero-order valence-electron chi connectivity index (χ0n) is 11.0. The van der Waals surface area contributed by atoms with Crippen molar-refractivity contribution in [2.24, 2.45) is 0 Å². The summed E-state index contributed by atoms with van der Waals surface area (Å²) in [5, 5.41) is 7.66. The summed E-state index contributed by atoms with van der Waals surface area (Å²) in [4.78, 5) is 0. The summed E-state index contributed by atoms with van der Waals surface area (Å²) in [6, 6.07) is 1.97. The smallest absolute Gasteiger partial charge is 0.161 e. The van der Waals surface area contributed by atoms with E-state index in [2.05, 4.69) is 17.3 Å². The van der Waals surface area contributed by atoms with Crippen LogP contribution in [-0.4, -0.2) is 23.9 Å². The number of furan rings is 1. The van der Waals surface area contributed by atoms with Gasteiger partial charge in [0, 0.05) is 12.1 Å². The van der Waals surface area contributed by atoms with Crippen molar-refractivity contribution in [2.45, 2.75) is 25.9 Å². The van der Waals surface area contributed by atoms with Gasteiger partial charge in [-0.3, -0.25) is 4.68 Å². The van der Waals surface area contributed by atoms with Crippen molar-refractivity contribution in [3.63, 3.8) is 0 Å². The lowest BCUT2D eigenvalue weighted by Crippen LogP contribution is -2.21. The average molecular weight is 249 g/mol. The topological polar surface area (TPSA) is 52.2 Å². The fourth-order valence-electron chi connectivity index (χ4n) is 2.12. The molecule has 0 aromatic carbocycles. The van der Waals surface area contributed by atoms with Gasteiger partial charge in [0.25, 0.3) is 0 Å². The van der Waals surface area contributed by atoms with Crippen molar-refractivity contribution < 1.29 is 9.15 Å². The van der Waals surface area contributed by atoms with Gasteiger partial charge in [-0.2, -0.15) is 5.10 Å². The molecule has 2 heterocycles. The van der Waals surface area contributed by atoms with Crippen LogP contribution in [0.15, 0.2) is 29.2 Å². The van der Waals surface area contributed by atoms with Crippen LogP contribution in [0.25, 0.3) is 0 Å². The minimum absolute atomic E-state index is 0.0211. The molecule has 0 bridgehead atoms. The average Bonchev–Trinajstić information content (AvgIpc) is 3.02. The third-order valence-corrected chi connectivity index (χ3v) is 2.94. The Hall–Kier alpha value is -1.75. The van der Waals surface area contributed by atoms with Crippen molar-refractivity contribution in [3.05, 3.63) is 36.0 Å². The third kappa shape index (κ3) is 2.26. The molecule has 0 aliphatic carbocycles. The number of aryl methyl sites for hydroxylation is 1. The van der Waals surface area contributed by atoms with Gasteiger partial charge in [0.1, 0.15) is 5.69 Å². The lowest BCUT2D eigenvalue weighted by Gasteiger charge is -2.17. The normalized spacial score (nSPS) is 12.6. The number of hydrogen-bond donors (Lipinski definition) is 1. The van der Waals surface area contributed by atoms with E-state index in [1.54, 1.807) is 25.8 Å². The van der Waals surface area contributed by atoms with E-state index in [1.807, 2.05) is 17.8 Å². The predicted octanol–water partition coefficient (Wildman–Crippen LogP) is 2.20. The predicted molar refractivity (Wildman–Crippen MR) is 68.7 cm³/mol. The van der Waals surface area contributed by atoms with Gasteiger partial charge in [-0.1, -0.05) is 6.92 Å². The number of methoxy groups -OCH3 is 1. The highest BCUT2D eigenvalue weighted by molar-refractivity contribution is 5.35. The highest BCUT2D eigenvalue weighted by Gasteiger charge is 2.22. The number of hydrogen-bond acceptors (Lipinski definition) is 4. The third-order valence-electron chi connectivity index (χ3n) is 2.94. The lowest BCUT2D eigenvalue weighted by atomic mass is 10.1. The van der Waals surface area contributed by atoms with E-state index in [0.717, 1.165) is 30.0 Å². The Morgan fingerprint density at radius 2 is 2.39 bits per heavy atom. The molecule has 98 valence electrons. The van der Waals surface area contributed by atoms with Gasteiger partial charge in [0.05, 0.1) is 31.9 Å². The van der Waals surface area contributed by atoms with Crippen molar-refractivity contribution in [2.75, 3.05) is 14.2 Å². The van der Waals surface area contributed by atoms with Crippen molar-refractivity contribution in [1.82, 2.24) is 15.1 Å². The van der Waals surface area contributed by atoms with Crippen LogP contribution in [0, 0.1) is 0 Å². The van der Waals surface area contributed by atoms with Crippen LogP contribution in [-0.2, 0) is 6.54 Å². The molecule has 0 aliphatic rings. The van der Waals surface area contributed by atoms with E-state index < -0.39 is 0 Å². The largest absolute Gasteiger partial charge is 0.493 e. The number of nitrogens with zero attached hydrogens (tertiary/aromatic N) is 2. The van der Waals surface area contributed by atoms with Gasteiger partial charge in [0.2, 0.25) is 0 Å². The number of aromatic nitrogens is 2. The zero-order chi connectivity index (χ0) is 13.0. The number of rotatable bonds is 6. The first kappa shape index (κ1) is 12.7. The molecule has 0 radical (unpaired) electrons. The Kier molecular flexibility index (Phi) is 4.04. The van der Waals surface area contributed by atoms with Crippen LogP contribution in [0.5, 0.6) is 5.75 Å².